The van der Waals surface area contributed by atoms with E-state index in [-0.39, 0.29) is 12.4 Å². The molecule has 7 heteroatoms. The van der Waals surface area contributed by atoms with Gasteiger partial charge in [-0.1, -0.05) is 35.5 Å². The Balaban J connectivity index is 1.60. The number of Topliss-reactive ketones (excluding diaryl/α,β-unsaturated/α-hetero) is 1. The van der Waals surface area contributed by atoms with Gasteiger partial charge in [0.25, 0.3) is 0 Å². The van der Waals surface area contributed by atoms with E-state index in [0.29, 0.717) is 28.3 Å². The van der Waals surface area contributed by atoms with Crippen molar-refractivity contribution < 1.29 is 18.8 Å². The average Bonchev–Trinajstić information content (AvgIpc) is 3.20. The number of aryl methyl sites for hydroxylation is 2. The van der Waals surface area contributed by atoms with E-state index >= 15 is 0 Å². The monoisotopic (exact) mass is 356 g/mol. The van der Waals surface area contributed by atoms with Crippen molar-refractivity contribution in [2.75, 3.05) is 6.61 Å². The molecular weight excluding hydrogens is 340 g/mol. The molecule has 0 radical (unpaired) electrons. The highest BCUT2D eigenvalue weighted by atomic mass is 32.1. The number of aromatic nitrogens is 2. The van der Waals surface area contributed by atoms with Gasteiger partial charge in [-0.2, -0.15) is 0 Å². The van der Waals surface area contributed by atoms with E-state index in [1.165, 1.54) is 17.5 Å². The number of carbonyl (C=O) groups excluding carboxylic acids is 2. The summed E-state index contributed by atoms with van der Waals surface area (Å²) in [6, 6.07) is 9.87. The lowest BCUT2D eigenvalue weighted by Gasteiger charge is -2.02. The third kappa shape index (κ3) is 4.00. The zero-order chi connectivity index (χ0) is 17.8. The van der Waals surface area contributed by atoms with Crippen LogP contribution < -0.4 is 0 Å². The number of hydrogen-bond acceptors (Lipinski definition) is 7. The summed E-state index contributed by atoms with van der Waals surface area (Å²) in [4.78, 5) is 28.9. The first-order chi connectivity index (χ1) is 12.0. The zero-order valence-corrected chi connectivity index (χ0v) is 14.6. The predicted molar refractivity (Wildman–Crippen MR) is 92.0 cm³/mol. The summed E-state index contributed by atoms with van der Waals surface area (Å²) in [5, 5.41) is 4.54. The predicted octanol–water partition coefficient (Wildman–Crippen LogP) is 3.38. The molecule has 3 aromatic rings. The molecule has 0 saturated heterocycles. The molecule has 0 N–H and O–H groups in total. The first kappa shape index (κ1) is 17.0. The second kappa shape index (κ2) is 7.40. The summed E-state index contributed by atoms with van der Waals surface area (Å²) < 4.78 is 10.0. The van der Waals surface area contributed by atoms with Gasteiger partial charge in [-0.15, -0.1) is 11.3 Å². The van der Waals surface area contributed by atoms with Gasteiger partial charge in [-0.05, 0) is 19.4 Å². The summed E-state index contributed by atoms with van der Waals surface area (Å²) >= 11 is 1.26. The van der Waals surface area contributed by atoms with Crippen LogP contribution in [0.1, 0.15) is 42.1 Å². The third-order valence-electron chi connectivity index (χ3n) is 3.60. The molecule has 0 aliphatic heterocycles. The van der Waals surface area contributed by atoms with E-state index in [2.05, 4.69) is 10.1 Å². The molecule has 0 unspecified atom stereocenters. The summed E-state index contributed by atoms with van der Waals surface area (Å²) in [6.07, 6.45) is 2.13. The van der Waals surface area contributed by atoms with Gasteiger partial charge in [0.2, 0.25) is 5.78 Å². The van der Waals surface area contributed by atoms with E-state index < -0.39 is 5.97 Å². The highest BCUT2D eigenvalue weighted by Crippen LogP contribution is 2.18. The van der Waals surface area contributed by atoms with Crippen LogP contribution in [-0.2, 0) is 11.2 Å². The van der Waals surface area contributed by atoms with Crippen molar-refractivity contribution in [3.05, 3.63) is 69.0 Å². The number of rotatable bonds is 6. The van der Waals surface area contributed by atoms with Crippen LogP contribution in [-0.4, -0.2) is 28.5 Å². The molecule has 0 amide bonds. The van der Waals surface area contributed by atoms with Gasteiger partial charge in [0.05, 0.1) is 22.5 Å². The van der Waals surface area contributed by atoms with Crippen molar-refractivity contribution in [2.45, 2.75) is 20.3 Å². The van der Waals surface area contributed by atoms with Crippen LogP contribution in [0.3, 0.4) is 0 Å². The lowest BCUT2D eigenvalue weighted by atomic mass is 10.1. The normalized spacial score (nSPS) is 10.6. The maximum absolute atomic E-state index is 12.1. The van der Waals surface area contributed by atoms with Crippen molar-refractivity contribution in [1.29, 1.82) is 0 Å². The molecule has 6 nitrogen and oxygen atoms in total. The largest absolute Gasteiger partial charge is 0.453 e. The molecule has 1 aromatic carbocycles. The van der Waals surface area contributed by atoms with Crippen LogP contribution in [0.4, 0.5) is 0 Å². The van der Waals surface area contributed by atoms with Crippen molar-refractivity contribution in [3.63, 3.8) is 0 Å². The van der Waals surface area contributed by atoms with Crippen molar-refractivity contribution in [2.24, 2.45) is 0 Å². The van der Waals surface area contributed by atoms with Gasteiger partial charge < -0.3 is 9.26 Å². The fourth-order valence-corrected chi connectivity index (χ4v) is 3.26. The molecule has 25 heavy (non-hydrogen) atoms. The van der Waals surface area contributed by atoms with E-state index in [1.807, 2.05) is 30.3 Å². The van der Waals surface area contributed by atoms with Crippen LogP contribution >= 0.6 is 11.3 Å². The van der Waals surface area contributed by atoms with Crippen LogP contribution in [0.25, 0.3) is 0 Å². The van der Waals surface area contributed by atoms with E-state index in [0.717, 1.165) is 10.6 Å². The molecule has 0 saturated carbocycles. The van der Waals surface area contributed by atoms with Crippen LogP contribution in [0.2, 0.25) is 0 Å². The topological polar surface area (TPSA) is 82.3 Å². The van der Waals surface area contributed by atoms with Crippen LogP contribution in [0, 0.1) is 13.8 Å². The molecule has 2 aromatic heterocycles. The van der Waals surface area contributed by atoms with Crippen LogP contribution in [0.15, 0.2) is 41.1 Å². The van der Waals surface area contributed by atoms with Crippen LogP contribution in [0.5, 0.6) is 0 Å². The first-order valence-electron chi connectivity index (χ1n) is 7.66. The molecule has 0 spiro atoms. The van der Waals surface area contributed by atoms with Crippen molar-refractivity contribution in [1.82, 2.24) is 10.1 Å². The van der Waals surface area contributed by atoms with E-state index in [4.69, 9.17) is 9.26 Å². The maximum atomic E-state index is 12.1. The van der Waals surface area contributed by atoms with Gasteiger partial charge >= 0.3 is 5.97 Å². The van der Waals surface area contributed by atoms with Gasteiger partial charge in [0.15, 0.2) is 6.61 Å². The lowest BCUT2D eigenvalue weighted by Crippen LogP contribution is -2.14. The molecule has 0 atom stereocenters. The first-order valence-corrected chi connectivity index (χ1v) is 8.48. The Morgan fingerprint density at radius 2 is 1.96 bits per heavy atom. The molecule has 0 bridgehead atoms. The number of esters is 1. The minimum atomic E-state index is -0.558. The Kier molecular flexibility index (Phi) is 5.04. The summed E-state index contributed by atoms with van der Waals surface area (Å²) in [6.45, 7) is 2.96. The average molecular weight is 356 g/mol. The second-order valence-electron chi connectivity index (χ2n) is 5.48. The molecular formula is C18H16N2O4S. The fraction of sp³-hybridized carbons (Fsp3) is 0.222. The lowest BCUT2D eigenvalue weighted by molar-refractivity contribution is 0.0478. The molecule has 2 heterocycles. The molecule has 0 aliphatic rings. The Morgan fingerprint density at radius 3 is 2.64 bits per heavy atom. The second-order valence-corrected chi connectivity index (χ2v) is 6.59. The highest BCUT2D eigenvalue weighted by Gasteiger charge is 2.20. The molecule has 0 fully saturated rings. The van der Waals surface area contributed by atoms with Crippen molar-refractivity contribution in [3.8, 4) is 0 Å². The third-order valence-corrected chi connectivity index (χ3v) is 4.58. The smallest absolute Gasteiger partial charge is 0.350 e. The highest BCUT2D eigenvalue weighted by molar-refractivity contribution is 7.13. The fourth-order valence-electron chi connectivity index (χ4n) is 2.41. The van der Waals surface area contributed by atoms with Gasteiger partial charge in [-0.25, -0.2) is 9.78 Å². The van der Waals surface area contributed by atoms with Gasteiger partial charge in [0.1, 0.15) is 10.6 Å². The Morgan fingerprint density at radius 1 is 1.20 bits per heavy atom. The summed E-state index contributed by atoms with van der Waals surface area (Å²) in [7, 11) is 0. The number of nitrogens with zero attached hydrogens (tertiary/aromatic N) is 2. The molecule has 128 valence electrons. The number of benzene rings is 1. The number of thiazole rings is 1. The Hall–Kier alpha value is -2.80. The zero-order valence-electron chi connectivity index (χ0n) is 13.8. The number of carbonyl (C=O) groups is 2. The minimum absolute atomic E-state index is 0.335. The van der Waals surface area contributed by atoms with E-state index in [1.54, 1.807) is 13.8 Å². The Bertz CT molecular complexity index is 879. The van der Waals surface area contributed by atoms with Crippen molar-refractivity contribution >= 4 is 23.1 Å². The van der Waals surface area contributed by atoms with E-state index in [9.17, 15) is 9.59 Å². The molecule has 3 rings (SSSR count). The number of ether oxygens (including phenoxy) is 1. The standard InChI is InChI=1S/C18H16N2O4S/c1-11-17(12(2)24-20-11)14(21)10-23-18(22)15-9-19-16(25-15)8-13-6-4-3-5-7-13/h3-7,9H,8,10H2,1-2H3. The number of hydrogen-bond donors (Lipinski definition) is 0. The van der Waals surface area contributed by atoms with Gasteiger partial charge in [0, 0.05) is 6.42 Å². The summed E-state index contributed by atoms with van der Waals surface area (Å²) in [5.74, 6) is -0.475. The summed E-state index contributed by atoms with van der Waals surface area (Å²) in [5.41, 5.74) is 1.97. The van der Waals surface area contributed by atoms with Gasteiger partial charge in [-0.3, -0.25) is 4.79 Å². The molecule has 0 aliphatic carbocycles. The Labute approximate surface area is 148 Å². The quantitative estimate of drug-likeness (QED) is 0.497. The SMILES string of the molecule is Cc1noc(C)c1C(=O)COC(=O)c1cnc(Cc2ccccc2)s1. The minimum Gasteiger partial charge on any atom is -0.453 e. The number of ketones is 1. The maximum Gasteiger partial charge on any atom is 0.350 e.